The molecule has 1 fully saturated rings. The van der Waals surface area contributed by atoms with Crippen molar-refractivity contribution in [2.75, 3.05) is 20.8 Å². The molecule has 0 atom stereocenters. The highest BCUT2D eigenvalue weighted by atomic mass is 16.5. The Hall–Kier alpha value is -2.50. The molecule has 1 aliphatic carbocycles. The van der Waals surface area contributed by atoms with E-state index in [-0.39, 0.29) is 24.1 Å². The summed E-state index contributed by atoms with van der Waals surface area (Å²) in [4.78, 5) is 22.9. The highest BCUT2D eigenvalue weighted by molar-refractivity contribution is 6.03. The van der Waals surface area contributed by atoms with Crippen molar-refractivity contribution >= 4 is 11.8 Å². The Morgan fingerprint density at radius 1 is 1.20 bits per heavy atom. The minimum absolute atomic E-state index is 0.00820. The largest absolute Gasteiger partial charge is 0.497 e. The number of carbonyl (C=O) groups is 2. The summed E-state index contributed by atoms with van der Waals surface area (Å²) >= 11 is 0. The average Bonchev–Trinajstić information content (AvgIpc) is 2.64. The molecule has 0 bridgehead atoms. The molecule has 1 aliphatic heterocycles. The molecule has 0 spiro atoms. The molecule has 1 saturated heterocycles. The summed E-state index contributed by atoms with van der Waals surface area (Å²) in [6.45, 7) is 0.00820. The van der Waals surface area contributed by atoms with Gasteiger partial charge in [-0.25, -0.2) is 0 Å². The summed E-state index contributed by atoms with van der Waals surface area (Å²) < 4.78 is 10.5. The van der Waals surface area contributed by atoms with Gasteiger partial charge in [-0.1, -0.05) is 12.2 Å². The highest BCUT2D eigenvalue weighted by Crippen LogP contribution is 2.20. The van der Waals surface area contributed by atoms with E-state index in [0.29, 0.717) is 17.9 Å². The van der Waals surface area contributed by atoms with Crippen LogP contribution in [0.2, 0.25) is 0 Å². The summed E-state index contributed by atoms with van der Waals surface area (Å²) in [5, 5.41) is 5.04. The molecule has 2 N–H and O–H groups in total. The van der Waals surface area contributed by atoms with Gasteiger partial charge in [-0.2, -0.15) is 0 Å². The fourth-order valence-corrected chi connectivity index (χ4v) is 1.89. The fraction of sp³-hybridized carbons (Fsp3) is 0.286. The fourth-order valence-electron chi connectivity index (χ4n) is 1.89. The number of ether oxygens (including phenoxy) is 2. The lowest BCUT2D eigenvalue weighted by atomic mass is 10.1. The van der Waals surface area contributed by atoms with Gasteiger partial charge in [-0.05, 0) is 17.7 Å². The molecule has 0 aromatic heterocycles. The number of rotatable bonds is 3. The minimum atomic E-state index is -0.296. The Labute approximate surface area is 116 Å². The SMILES string of the molecule is COC1=C(OC)CC=C(/C=C2\NC(=O)CNC2=O)C=C1. The van der Waals surface area contributed by atoms with E-state index in [2.05, 4.69) is 10.6 Å². The van der Waals surface area contributed by atoms with Crippen molar-refractivity contribution in [2.24, 2.45) is 0 Å². The minimum Gasteiger partial charge on any atom is -0.497 e. The molecule has 2 amide bonds. The van der Waals surface area contributed by atoms with E-state index in [9.17, 15) is 9.59 Å². The topological polar surface area (TPSA) is 76.7 Å². The zero-order valence-electron chi connectivity index (χ0n) is 11.4. The van der Waals surface area contributed by atoms with Gasteiger partial charge in [0.15, 0.2) is 5.76 Å². The van der Waals surface area contributed by atoms with Gasteiger partial charge < -0.3 is 20.1 Å². The zero-order valence-corrected chi connectivity index (χ0v) is 11.4. The van der Waals surface area contributed by atoms with Crippen LogP contribution in [0.1, 0.15) is 6.42 Å². The number of nitrogens with one attached hydrogen (secondary N) is 2. The summed E-state index contributed by atoms with van der Waals surface area (Å²) in [6, 6.07) is 0. The summed E-state index contributed by atoms with van der Waals surface area (Å²) in [6.07, 6.45) is 7.61. The number of amides is 2. The van der Waals surface area contributed by atoms with Crippen LogP contribution in [0.3, 0.4) is 0 Å². The van der Waals surface area contributed by atoms with Crippen molar-refractivity contribution in [3.8, 4) is 0 Å². The lowest BCUT2D eigenvalue weighted by Gasteiger charge is -2.15. The number of carbonyl (C=O) groups excluding carboxylic acids is 2. The number of methoxy groups -OCH3 is 2. The van der Waals surface area contributed by atoms with Crippen molar-refractivity contribution in [3.63, 3.8) is 0 Å². The molecule has 2 rings (SSSR count). The second kappa shape index (κ2) is 6.10. The molecule has 0 aromatic rings. The third-order valence-electron chi connectivity index (χ3n) is 2.93. The van der Waals surface area contributed by atoms with Gasteiger partial charge >= 0.3 is 0 Å². The normalized spacial score (nSPS) is 21.1. The molecule has 6 nitrogen and oxygen atoms in total. The van der Waals surface area contributed by atoms with E-state index in [1.807, 2.05) is 6.08 Å². The number of hydrogen-bond donors (Lipinski definition) is 2. The molecule has 0 radical (unpaired) electrons. The maximum Gasteiger partial charge on any atom is 0.268 e. The van der Waals surface area contributed by atoms with Crippen molar-refractivity contribution < 1.29 is 19.1 Å². The third-order valence-corrected chi connectivity index (χ3v) is 2.93. The van der Waals surface area contributed by atoms with Gasteiger partial charge in [0.05, 0.1) is 20.8 Å². The first-order valence-electron chi connectivity index (χ1n) is 6.13. The van der Waals surface area contributed by atoms with E-state index < -0.39 is 0 Å². The molecule has 0 aromatic carbocycles. The molecule has 106 valence electrons. The van der Waals surface area contributed by atoms with Crippen LogP contribution in [-0.4, -0.2) is 32.6 Å². The van der Waals surface area contributed by atoms with Crippen molar-refractivity contribution in [1.82, 2.24) is 10.6 Å². The van der Waals surface area contributed by atoms with Gasteiger partial charge in [-0.3, -0.25) is 9.59 Å². The van der Waals surface area contributed by atoms with Crippen LogP contribution in [0.15, 0.2) is 47.1 Å². The van der Waals surface area contributed by atoms with Crippen LogP contribution < -0.4 is 10.6 Å². The van der Waals surface area contributed by atoms with Gasteiger partial charge in [-0.15, -0.1) is 0 Å². The molecule has 2 aliphatic rings. The van der Waals surface area contributed by atoms with E-state index >= 15 is 0 Å². The predicted octanol–water partition coefficient (Wildman–Crippen LogP) is 0.507. The first-order valence-corrected chi connectivity index (χ1v) is 6.13. The maximum absolute atomic E-state index is 11.6. The van der Waals surface area contributed by atoms with Crippen LogP contribution >= 0.6 is 0 Å². The van der Waals surface area contributed by atoms with Gasteiger partial charge in [0.2, 0.25) is 5.91 Å². The predicted molar refractivity (Wildman–Crippen MR) is 72.1 cm³/mol. The van der Waals surface area contributed by atoms with Gasteiger partial charge in [0, 0.05) is 6.42 Å². The molecule has 6 heteroatoms. The summed E-state index contributed by atoms with van der Waals surface area (Å²) in [7, 11) is 3.14. The number of hydrogen-bond acceptors (Lipinski definition) is 4. The second-order valence-corrected chi connectivity index (χ2v) is 4.23. The smallest absolute Gasteiger partial charge is 0.268 e. The molecular formula is C14H16N2O4. The number of piperazine rings is 1. The van der Waals surface area contributed by atoms with Gasteiger partial charge in [0.25, 0.3) is 5.91 Å². The van der Waals surface area contributed by atoms with E-state index in [1.165, 1.54) is 0 Å². The second-order valence-electron chi connectivity index (χ2n) is 4.23. The lowest BCUT2D eigenvalue weighted by Crippen LogP contribution is -2.47. The first-order chi connectivity index (χ1) is 9.63. The standard InChI is InChI=1S/C14H16N2O4/c1-19-11-5-3-9(4-6-12(11)20-2)7-10-14(18)15-8-13(17)16-10/h3-5,7H,6,8H2,1-2H3,(H,15,18)(H,16,17)/b10-7-. The highest BCUT2D eigenvalue weighted by Gasteiger charge is 2.19. The monoisotopic (exact) mass is 276 g/mol. The van der Waals surface area contributed by atoms with Crippen LogP contribution in [0.4, 0.5) is 0 Å². The Kier molecular flexibility index (Phi) is 4.24. The Balaban J connectivity index is 2.21. The van der Waals surface area contributed by atoms with Crippen molar-refractivity contribution in [2.45, 2.75) is 6.42 Å². The third kappa shape index (κ3) is 3.09. The number of allylic oxidation sites excluding steroid dienone is 5. The maximum atomic E-state index is 11.6. The lowest BCUT2D eigenvalue weighted by molar-refractivity contribution is -0.127. The van der Waals surface area contributed by atoms with E-state index in [4.69, 9.17) is 9.47 Å². The molecule has 1 heterocycles. The Morgan fingerprint density at radius 2 is 2.00 bits per heavy atom. The Bertz CT molecular complexity index is 556. The van der Waals surface area contributed by atoms with E-state index in [1.54, 1.807) is 32.4 Å². The summed E-state index contributed by atoms with van der Waals surface area (Å²) in [5.41, 5.74) is 1.02. The van der Waals surface area contributed by atoms with Crippen LogP contribution in [0.25, 0.3) is 0 Å². The van der Waals surface area contributed by atoms with Crippen molar-refractivity contribution in [1.29, 1.82) is 0 Å². The molecule has 20 heavy (non-hydrogen) atoms. The molecule has 0 unspecified atom stereocenters. The molecular weight excluding hydrogens is 260 g/mol. The van der Waals surface area contributed by atoms with Crippen LogP contribution in [0, 0.1) is 0 Å². The quantitative estimate of drug-likeness (QED) is 0.736. The average molecular weight is 276 g/mol. The molecule has 0 saturated carbocycles. The van der Waals surface area contributed by atoms with E-state index in [0.717, 1.165) is 5.57 Å². The first kappa shape index (κ1) is 13.9. The van der Waals surface area contributed by atoms with Crippen LogP contribution in [0.5, 0.6) is 0 Å². The van der Waals surface area contributed by atoms with Crippen molar-refractivity contribution in [3.05, 3.63) is 47.1 Å². The summed E-state index contributed by atoms with van der Waals surface area (Å²) in [5.74, 6) is 0.806. The van der Waals surface area contributed by atoms with Gasteiger partial charge in [0.1, 0.15) is 11.5 Å². The van der Waals surface area contributed by atoms with Crippen LogP contribution in [-0.2, 0) is 19.1 Å². The zero-order chi connectivity index (χ0) is 14.5. The Morgan fingerprint density at radius 3 is 2.70 bits per heavy atom.